The van der Waals surface area contributed by atoms with Crippen LogP contribution < -0.4 is 4.74 Å². The highest BCUT2D eigenvalue weighted by atomic mass is 35.5. The Hall–Kier alpha value is -0.990. The van der Waals surface area contributed by atoms with Crippen LogP contribution in [0.15, 0.2) is 29.8 Å². The van der Waals surface area contributed by atoms with Gasteiger partial charge in [0.25, 0.3) is 0 Å². The highest BCUT2D eigenvalue weighted by molar-refractivity contribution is 6.25. The van der Waals surface area contributed by atoms with Crippen molar-refractivity contribution in [1.29, 1.82) is 0 Å². The lowest BCUT2D eigenvalue weighted by molar-refractivity contribution is 0.199. The second-order valence-corrected chi connectivity index (χ2v) is 3.63. The molecule has 0 unspecified atom stereocenters. The summed E-state index contributed by atoms with van der Waals surface area (Å²) in [6, 6.07) is 5.64. The summed E-state index contributed by atoms with van der Waals surface area (Å²) in [6.07, 6.45) is 1.28. The van der Waals surface area contributed by atoms with E-state index in [9.17, 15) is 5.11 Å². The van der Waals surface area contributed by atoms with Gasteiger partial charge in [0.1, 0.15) is 12.4 Å². The van der Waals surface area contributed by atoms with Gasteiger partial charge in [-0.2, -0.15) is 0 Å². The van der Waals surface area contributed by atoms with Crippen molar-refractivity contribution in [3.05, 3.63) is 40.9 Å². The van der Waals surface area contributed by atoms with Crippen LogP contribution in [0.3, 0.4) is 0 Å². The molecule has 0 fully saturated rings. The normalized spacial score (nSPS) is 13.1. The van der Waals surface area contributed by atoms with Crippen molar-refractivity contribution < 1.29 is 9.84 Å². The number of hydrogen-bond acceptors (Lipinski definition) is 2. The molecule has 0 saturated heterocycles. The molecule has 1 aromatic carbocycles. The molecule has 82 valence electrons. The van der Waals surface area contributed by atoms with Crippen LogP contribution in [0, 0.1) is 6.92 Å². The monoisotopic (exact) mass is 226 g/mol. The summed E-state index contributed by atoms with van der Waals surface area (Å²) < 4.78 is 5.46. The van der Waals surface area contributed by atoms with Crippen molar-refractivity contribution in [2.24, 2.45) is 0 Å². The largest absolute Gasteiger partial charge is 0.489 e. The van der Waals surface area contributed by atoms with Gasteiger partial charge in [-0.1, -0.05) is 17.7 Å². The van der Waals surface area contributed by atoms with Crippen molar-refractivity contribution in [1.82, 2.24) is 0 Å². The average molecular weight is 227 g/mol. The molecular weight excluding hydrogens is 212 g/mol. The first kappa shape index (κ1) is 12.1. The van der Waals surface area contributed by atoms with Crippen molar-refractivity contribution in [2.75, 3.05) is 6.61 Å². The average Bonchev–Trinajstić information content (AvgIpc) is 2.20. The van der Waals surface area contributed by atoms with E-state index in [2.05, 4.69) is 0 Å². The van der Waals surface area contributed by atoms with E-state index in [0.29, 0.717) is 6.61 Å². The van der Waals surface area contributed by atoms with Crippen LogP contribution in [0.5, 0.6) is 5.75 Å². The van der Waals surface area contributed by atoms with Gasteiger partial charge in [-0.25, -0.2) is 0 Å². The summed E-state index contributed by atoms with van der Waals surface area (Å²) in [5.41, 5.74) is 3.34. The summed E-state index contributed by atoms with van der Waals surface area (Å²) in [4.78, 5) is 0. The Labute approximate surface area is 95.1 Å². The zero-order valence-corrected chi connectivity index (χ0v) is 9.66. The lowest BCUT2D eigenvalue weighted by Crippen LogP contribution is -1.97. The lowest BCUT2D eigenvalue weighted by atomic mass is 10.1. The van der Waals surface area contributed by atoms with Gasteiger partial charge in [-0.05, 0) is 43.2 Å². The van der Waals surface area contributed by atoms with E-state index >= 15 is 0 Å². The van der Waals surface area contributed by atoms with E-state index in [1.807, 2.05) is 25.1 Å². The summed E-state index contributed by atoms with van der Waals surface area (Å²) in [7, 11) is 0. The van der Waals surface area contributed by atoms with Gasteiger partial charge in [0, 0.05) is 5.54 Å². The Bertz CT molecular complexity index is 345. The van der Waals surface area contributed by atoms with Gasteiger partial charge in [0.2, 0.25) is 0 Å². The Morgan fingerprint density at radius 1 is 1.53 bits per heavy atom. The standard InChI is InChI=1S/C12H15ClO2/c1-9-8-11(10(2)14)4-5-12(9)15-7-3-6-13/h3-6,8,10,14H,7H2,1-2H3/b6-3+/t10-/m1/s1. The molecule has 0 amide bonds. The maximum absolute atomic E-state index is 9.38. The van der Waals surface area contributed by atoms with Crippen LogP contribution in [0.25, 0.3) is 0 Å². The fraction of sp³-hybridized carbons (Fsp3) is 0.333. The second-order valence-electron chi connectivity index (χ2n) is 3.37. The zero-order chi connectivity index (χ0) is 11.3. The van der Waals surface area contributed by atoms with E-state index in [1.165, 1.54) is 5.54 Å². The fourth-order valence-corrected chi connectivity index (χ4v) is 1.34. The Morgan fingerprint density at radius 2 is 2.27 bits per heavy atom. The topological polar surface area (TPSA) is 29.5 Å². The van der Waals surface area contributed by atoms with Crippen LogP contribution in [-0.2, 0) is 0 Å². The maximum atomic E-state index is 9.38. The first-order valence-corrected chi connectivity index (χ1v) is 5.25. The molecule has 0 saturated carbocycles. The maximum Gasteiger partial charge on any atom is 0.122 e. The van der Waals surface area contributed by atoms with Crippen LogP contribution in [-0.4, -0.2) is 11.7 Å². The van der Waals surface area contributed by atoms with E-state index < -0.39 is 6.10 Å². The first-order chi connectivity index (χ1) is 7.15. The summed E-state index contributed by atoms with van der Waals surface area (Å²) in [5.74, 6) is 0.814. The third-order valence-corrected chi connectivity index (χ3v) is 2.28. The minimum absolute atomic E-state index is 0.444. The fourth-order valence-electron chi connectivity index (χ4n) is 1.27. The van der Waals surface area contributed by atoms with Crippen molar-refractivity contribution in [3.63, 3.8) is 0 Å². The second kappa shape index (κ2) is 5.79. The quantitative estimate of drug-likeness (QED) is 0.855. The third kappa shape index (κ3) is 3.57. The molecule has 3 heteroatoms. The number of rotatable bonds is 4. The number of hydrogen-bond donors (Lipinski definition) is 1. The van der Waals surface area contributed by atoms with Crippen LogP contribution >= 0.6 is 11.6 Å². The molecule has 1 aromatic rings. The van der Waals surface area contributed by atoms with Gasteiger partial charge in [-0.3, -0.25) is 0 Å². The predicted molar refractivity (Wildman–Crippen MR) is 62.3 cm³/mol. The molecule has 0 heterocycles. The van der Waals surface area contributed by atoms with E-state index in [0.717, 1.165) is 16.9 Å². The molecule has 2 nitrogen and oxygen atoms in total. The Morgan fingerprint density at radius 3 is 2.80 bits per heavy atom. The Balaban J connectivity index is 2.74. The number of benzene rings is 1. The third-order valence-electron chi connectivity index (χ3n) is 2.11. The molecule has 0 aliphatic heterocycles. The number of ether oxygens (including phenoxy) is 1. The minimum atomic E-state index is -0.444. The zero-order valence-electron chi connectivity index (χ0n) is 8.90. The number of aryl methyl sites for hydroxylation is 1. The molecule has 0 bridgehead atoms. The molecule has 0 spiro atoms. The Kier molecular flexibility index (Phi) is 4.66. The van der Waals surface area contributed by atoms with Gasteiger partial charge in [0.05, 0.1) is 6.10 Å². The van der Waals surface area contributed by atoms with Gasteiger partial charge in [0.15, 0.2) is 0 Å². The molecule has 1 N–H and O–H groups in total. The van der Waals surface area contributed by atoms with Crippen LogP contribution in [0.4, 0.5) is 0 Å². The molecule has 0 aromatic heterocycles. The minimum Gasteiger partial charge on any atom is -0.489 e. The number of aliphatic hydroxyl groups excluding tert-OH is 1. The molecule has 1 rings (SSSR count). The van der Waals surface area contributed by atoms with E-state index in [4.69, 9.17) is 16.3 Å². The predicted octanol–water partition coefficient (Wildman–Crippen LogP) is 3.18. The highest BCUT2D eigenvalue weighted by Gasteiger charge is 2.04. The lowest BCUT2D eigenvalue weighted by Gasteiger charge is -2.10. The molecule has 0 radical (unpaired) electrons. The summed E-state index contributed by atoms with van der Waals surface area (Å²) in [6.45, 7) is 4.15. The van der Waals surface area contributed by atoms with Crippen LogP contribution in [0.2, 0.25) is 0 Å². The van der Waals surface area contributed by atoms with Crippen LogP contribution in [0.1, 0.15) is 24.2 Å². The first-order valence-electron chi connectivity index (χ1n) is 4.81. The molecule has 0 aliphatic rings. The highest BCUT2D eigenvalue weighted by Crippen LogP contribution is 2.22. The SMILES string of the molecule is Cc1cc([C@@H](C)O)ccc1OC/C=C/Cl. The van der Waals surface area contributed by atoms with Gasteiger partial charge < -0.3 is 9.84 Å². The molecule has 0 aliphatic carbocycles. The van der Waals surface area contributed by atoms with Crippen molar-refractivity contribution in [2.45, 2.75) is 20.0 Å². The number of aliphatic hydroxyl groups is 1. The van der Waals surface area contributed by atoms with Crippen molar-refractivity contribution >= 4 is 11.6 Å². The molecular formula is C12H15ClO2. The van der Waals surface area contributed by atoms with Gasteiger partial charge >= 0.3 is 0 Å². The smallest absolute Gasteiger partial charge is 0.122 e. The van der Waals surface area contributed by atoms with E-state index in [-0.39, 0.29) is 0 Å². The van der Waals surface area contributed by atoms with Gasteiger partial charge in [-0.15, -0.1) is 0 Å². The molecule has 15 heavy (non-hydrogen) atoms. The number of halogens is 1. The van der Waals surface area contributed by atoms with E-state index in [1.54, 1.807) is 13.0 Å². The van der Waals surface area contributed by atoms with Crippen molar-refractivity contribution in [3.8, 4) is 5.75 Å². The molecule has 1 atom stereocenters. The summed E-state index contributed by atoms with van der Waals surface area (Å²) >= 11 is 5.38. The summed E-state index contributed by atoms with van der Waals surface area (Å²) in [5, 5.41) is 9.38.